The van der Waals surface area contributed by atoms with Crippen LogP contribution in [0.4, 0.5) is 5.13 Å². The standard InChI is InChI=1S/C16H19N3OS/c1-12-5-2-3-7-14(12)15(20)18-11-13-6-4-9-19(13)16-17-8-10-21-16/h2-3,5,7-8,10,13H,4,6,9,11H2,1H3,(H,18,20). The van der Waals surface area contributed by atoms with Crippen LogP contribution in [0, 0.1) is 6.92 Å². The second kappa shape index (κ2) is 6.26. The molecule has 1 atom stereocenters. The second-order valence-corrected chi connectivity index (χ2v) is 6.20. The molecule has 4 nitrogen and oxygen atoms in total. The maximum absolute atomic E-state index is 12.3. The number of amides is 1. The minimum atomic E-state index is 0.0130. The number of nitrogens with one attached hydrogen (secondary N) is 1. The molecule has 0 aliphatic carbocycles. The lowest BCUT2D eigenvalue weighted by Gasteiger charge is -2.24. The molecule has 0 radical (unpaired) electrons. The average Bonchev–Trinajstić information content (AvgIpc) is 3.16. The Kier molecular flexibility index (Phi) is 4.20. The van der Waals surface area contributed by atoms with Crippen LogP contribution in [-0.2, 0) is 0 Å². The summed E-state index contributed by atoms with van der Waals surface area (Å²) in [7, 11) is 0. The van der Waals surface area contributed by atoms with Crippen molar-refractivity contribution in [2.75, 3.05) is 18.0 Å². The fraction of sp³-hybridized carbons (Fsp3) is 0.375. The number of carbonyl (C=O) groups excluding carboxylic acids is 1. The quantitative estimate of drug-likeness (QED) is 0.944. The van der Waals surface area contributed by atoms with Crippen LogP contribution < -0.4 is 10.2 Å². The summed E-state index contributed by atoms with van der Waals surface area (Å²) in [6.07, 6.45) is 4.10. The van der Waals surface area contributed by atoms with E-state index in [0.717, 1.165) is 35.6 Å². The van der Waals surface area contributed by atoms with Crippen LogP contribution in [0.2, 0.25) is 0 Å². The fourth-order valence-corrected chi connectivity index (χ4v) is 3.53. The average molecular weight is 301 g/mol. The van der Waals surface area contributed by atoms with Gasteiger partial charge in [0, 0.05) is 36.3 Å². The molecule has 3 rings (SSSR count). The predicted octanol–water partition coefficient (Wildman–Crippen LogP) is 2.85. The number of aryl methyl sites for hydroxylation is 1. The number of rotatable bonds is 4. The van der Waals surface area contributed by atoms with Crippen molar-refractivity contribution in [1.82, 2.24) is 10.3 Å². The van der Waals surface area contributed by atoms with Gasteiger partial charge in [-0.3, -0.25) is 4.79 Å². The lowest BCUT2D eigenvalue weighted by molar-refractivity contribution is 0.0950. The summed E-state index contributed by atoms with van der Waals surface area (Å²) in [6.45, 7) is 3.66. The van der Waals surface area contributed by atoms with E-state index in [1.165, 1.54) is 0 Å². The Balaban J connectivity index is 1.62. The van der Waals surface area contributed by atoms with Gasteiger partial charge in [-0.1, -0.05) is 18.2 Å². The molecule has 110 valence electrons. The number of carbonyl (C=O) groups is 1. The molecule has 1 N–H and O–H groups in total. The van der Waals surface area contributed by atoms with Crippen molar-refractivity contribution in [1.29, 1.82) is 0 Å². The van der Waals surface area contributed by atoms with E-state index in [2.05, 4.69) is 15.2 Å². The van der Waals surface area contributed by atoms with Gasteiger partial charge in [-0.25, -0.2) is 4.98 Å². The summed E-state index contributed by atoms with van der Waals surface area (Å²) < 4.78 is 0. The molecule has 1 saturated heterocycles. The summed E-state index contributed by atoms with van der Waals surface area (Å²) in [5, 5.41) is 6.12. The van der Waals surface area contributed by atoms with E-state index in [4.69, 9.17) is 0 Å². The van der Waals surface area contributed by atoms with Gasteiger partial charge < -0.3 is 10.2 Å². The molecule has 1 aromatic carbocycles. The zero-order valence-electron chi connectivity index (χ0n) is 12.1. The maximum atomic E-state index is 12.3. The summed E-state index contributed by atoms with van der Waals surface area (Å²) in [4.78, 5) is 19.0. The van der Waals surface area contributed by atoms with E-state index in [-0.39, 0.29) is 5.91 Å². The van der Waals surface area contributed by atoms with Gasteiger partial charge in [-0.2, -0.15) is 0 Å². The van der Waals surface area contributed by atoms with E-state index >= 15 is 0 Å². The molecule has 2 aromatic rings. The molecule has 0 bridgehead atoms. The van der Waals surface area contributed by atoms with Crippen LogP contribution in [0.3, 0.4) is 0 Å². The van der Waals surface area contributed by atoms with Gasteiger partial charge >= 0.3 is 0 Å². The number of aromatic nitrogens is 1. The molecule has 2 heterocycles. The van der Waals surface area contributed by atoms with E-state index in [9.17, 15) is 4.79 Å². The van der Waals surface area contributed by atoms with Gasteiger partial charge in [-0.15, -0.1) is 11.3 Å². The van der Waals surface area contributed by atoms with Gasteiger partial charge in [-0.05, 0) is 31.4 Å². The van der Waals surface area contributed by atoms with Crippen molar-refractivity contribution in [3.63, 3.8) is 0 Å². The smallest absolute Gasteiger partial charge is 0.251 e. The molecule has 1 fully saturated rings. The third-order valence-corrected chi connectivity index (χ3v) is 4.74. The van der Waals surface area contributed by atoms with Gasteiger partial charge in [0.15, 0.2) is 5.13 Å². The highest BCUT2D eigenvalue weighted by molar-refractivity contribution is 7.13. The minimum absolute atomic E-state index is 0.0130. The number of benzene rings is 1. The third-order valence-electron chi connectivity index (χ3n) is 3.93. The monoisotopic (exact) mass is 301 g/mol. The first kappa shape index (κ1) is 14.1. The van der Waals surface area contributed by atoms with Crippen molar-refractivity contribution in [3.8, 4) is 0 Å². The zero-order chi connectivity index (χ0) is 14.7. The van der Waals surface area contributed by atoms with Crippen LogP contribution in [0.25, 0.3) is 0 Å². The molecule has 0 saturated carbocycles. The minimum Gasteiger partial charge on any atom is -0.350 e. The SMILES string of the molecule is Cc1ccccc1C(=O)NCC1CCCN1c1nccs1. The Morgan fingerprint density at radius 2 is 2.33 bits per heavy atom. The van der Waals surface area contributed by atoms with Crippen LogP contribution in [-0.4, -0.2) is 30.0 Å². The number of hydrogen-bond donors (Lipinski definition) is 1. The Morgan fingerprint density at radius 3 is 3.10 bits per heavy atom. The largest absolute Gasteiger partial charge is 0.350 e. The van der Waals surface area contributed by atoms with Gasteiger partial charge in [0.25, 0.3) is 5.91 Å². The van der Waals surface area contributed by atoms with Crippen molar-refractivity contribution < 1.29 is 4.79 Å². The van der Waals surface area contributed by atoms with Crippen LogP contribution in [0.1, 0.15) is 28.8 Å². The molecule has 1 aliphatic heterocycles. The Labute approximate surface area is 128 Å². The number of anilines is 1. The summed E-state index contributed by atoms with van der Waals surface area (Å²) in [5.74, 6) is 0.0130. The molecule has 1 aliphatic rings. The van der Waals surface area contributed by atoms with Crippen LogP contribution in [0.15, 0.2) is 35.8 Å². The molecule has 1 unspecified atom stereocenters. The topological polar surface area (TPSA) is 45.2 Å². The van der Waals surface area contributed by atoms with Gasteiger partial charge in [0.05, 0.1) is 0 Å². The van der Waals surface area contributed by atoms with Gasteiger partial charge in [0.2, 0.25) is 0 Å². The maximum Gasteiger partial charge on any atom is 0.251 e. The summed E-state index contributed by atoms with van der Waals surface area (Å²) in [6, 6.07) is 8.04. The Hall–Kier alpha value is -1.88. The molecule has 1 amide bonds. The van der Waals surface area contributed by atoms with Crippen molar-refractivity contribution in [3.05, 3.63) is 47.0 Å². The molecular weight excluding hydrogens is 282 g/mol. The highest BCUT2D eigenvalue weighted by Gasteiger charge is 2.26. The third kappa shape index (κ3) is 3.08. The predicted molar refractivity (Wildman–Crippen MR) is 86.0 cm³/mol. The lowest BCUT2D eigenvalue weighted by Crippen LogP contribution is -2.40. The van der Waals surface area contributed by atoms with E-state index < -0.39 is 0 Å². The molecule has 21 heavy (non-hydrogen) atoms. The van der Waals surface area contributed by atoms with Crippen LogP contribution >= 0.6 is 11.3 Å². The fourth-order valence-electron chi connectivity index (χ4n) is 2.79. The number of nitrogens with zero attached hydrogens (tertiary/aromatic N) is 2. The normalized spacial score (nSPS) is 18.0. The summed E-state index contributed by atoms with van der Waals surface area (Å²) >= 11 is 1.66. The van der Waals surface area contributed by atoms with E-state index in [1.54, 1.807) is 11.3 Å². The van der Waals surface area contributed by atoms with Gasteiger partial charge in [0.1, 0.15) is 0 Å². The van der Waals surface area contributed by atoms with E-state index in [1.807, 2.05) is 42.8 Å². The second-order valence-electron chi connectivity index (χ2n) is 5.33. The lowest BCUT2D eigenvalue weighted by atomic mass is 10.1. The number of thiazole rings is 1. The highest BCUT2D eigenvalue weighted by Crippen LogP contribution is 2.26. The first-order chi connectivity index (χ1) is 10.3. The van der Waals surface area contributed by atoms with E-state index in [0.29, 0.717) is 12.6 Å². The molecule has 1 aromatic heterocycles. The molecule has 5 heteroatoms. The number of hydrogen-bond acceptors (Lipinski definition) is 4. The highest BCUT2D eigenvalue weighted by atomic mass is 32.1. The van der Waals surface area contributed by atoms with Crippen molar-refractivity contribution in [2.24, 2.45) is 0 Å². The Morgan fingerprint density at radius 1 is 1.48 bits per heavy atom. The Bertz CT molecular complexity index is 612. The first-order valence-corrected chi connectivity index (χ1v) is 8.13. The summed E-state index contributed by atoms with van der Waals surface area (Å²) in [5.41, 5.74) is 1.77. The molecule has 0 spiro atoms. The van der Waals surface area contributed by atoms with Crippen molar-refractivity contribution >= 4 is 22.4 Å². The molecular formula is C16H19N3OS. The first-order valence-electron chi connectivity index (χ1n) is 7.25. The van der Waals surface area contributed by atoms with Crippen molar-refractivity contribution in [2.45, 2.75) is 25.8 Å². The zero-order valence-corrected chi connectivity index (χ0v) is 12.9. The van der Waals surface area contributed by atoms with Crippen LogP contribution in [0.5, 0.6) is 0 Å².